The van der Waals surface area contributed by atoms with E-state index in [4.69, 9.17) is 4.42 Å². The van der Waals surface area contributed by atoms with E-state index >= 15 is 0 Å². The summed E-state index contributed by atoms with van der Waals surface area (Å²) in [7, 11) is 0. The number of hydrogen-bond acceptors (Lipinski definition) is 1. The Bertz CT molecular complexity index is 2620. The minimum Gasteiger partial charge on any atom is -0.455 e. The highest BCUT2D eigenvalue weighted by Crippen LogP contribution is 2.53. The molecule has 1 heterocycles. The molecule has 0 atom stereocenters. The normalized spacial score (nSPS) is 13.9. The Balaban J connectivity index is 1.28. The van der Waals surface area contributed by atoms with Gasteiger partial charge in [0.1, 0.15) is 11.2 Å². The summed E-state index contributed by atoms with van der Waals surface area (Å²) in [5, 5.41) is 10.2. The summed E-state index contributed by atoms with van der Waals surface area (Å²) in [4.78, 5) is 0. The van der Waals surface area contributed by atoms with Crippen molar-refractivity contribution in [3.63, 3.8) is 0 Å². The number of rotatable bonds is 2. The van der Waals surface area contributed by atoms with E-state index < -0.39 is 0 Å². The molecule has 1 nitrogen and oxygen atoms in total. The number of fused-ring (bicyclic) bond motifs is 7. The molecule has 0 fully saturated rings. The molecule has 0 N–H and O–H groups in total. The molecule has 8 aromatic carbocycles. The van der Waals surface area contributed by atoms with Crippen LogP contribution in [0.2, 0.25) is 0 Å². The molecule has 0 unspecified atom stereocenters. The first kappa shape index (κ1) is 24.1. The van der Waals surface area contributed by atoms with Gasteiger partial charge in [-0.25, -0.2) is 0 Å². The van der Waals surface area contributed by atoms with Crippen LogP contribution in [-0.4, -0.2) is 0 Å². The fraction of sp³-hybridized carbons (Fsp3) is 0.0698. The second-order valence-corrected chi connectivity index (χ2v) is 12.8. The minimum absolute atomic E-state index is 0.0629. The Kier molecular flexibility index (Phi) is 4.58. The van der Waals surface area contributed by atoms with Crippen LogP contribution in [0.1, 0.15) is 25.0 Å². The van der Waals surface area contributed by atoms with Gasteiger partial charge in [-0.15, -0.1) is 0 Å². The van der Waals surface area contributed by atoms with E-state index in [2.05, 4.69) is 147 Å². The lowest BCUT2D eigenvalue weighted by molar-refractivity contribution is 0.653. The van der Waals surface area contributed by atoms with Gasteiger partial charge in [-0.3, -0.25) is 0 Å². The topological polar surface area (TPSA) is 13.1 Å². The monoisotopic (exact) mass is 560 g/mol. The lowest BCUT2D eigenvalue weighted by Crippen LogP contribution is -2.14. The van der Waals surface area contributed by atoms with E-state index in [1.165, 1.54) is 87.6 Å². The first-order chi connectivity index (χ1) is 21.6. The Morgan fingerprint density at radius 3 is 1.86 bits per heavy atom. The molecule has 9 aromatic rings. The van der Waals surface area contributed by atoms with Crippen LogP contribution in [0.3, 0.4) is 0 Å². The highest BCUT2D eigenvalue weighted by Gasteiger charge is 2.37. The second kappa shape index (κ2) is 8.36. The number of furan rings is 1. The maximum absolute atomic E-state index is 6.80. The first-order valence-electron chi connectivity index (χ1n) is 15.4. The largest absolute Gasteiger partial charge is 0.455 e. The molecule has 0 amide bonds. The second-order valence-electron chi connectivity index (χ2n) is 12.8. The van der Waals surface area contributed by atoms with Crippen LogP contribution in [0.4, 0.5) is 0 Å². The van der Waals surface area contributed by atoms with Crippen LogP contribution in [0.5, 0.6) is 0 Å². The molecule has 44 heavy (non-hydrogen) atoms. The van der Waals surface area contributed by atoms with Gasteiger partial charge in [-0.1, -0.05) is 141 Å². The predicted octanol–water partition coefficient (Wildman–Crippen LogP) is 12.1. The van der Waals surface area contributed by atoms with E-state index in [1.54, 1.807) is 0 Å². The van der Waals surface area contributed by atoms with Crippen molar-refractivity contribution in [3.8, 4) is 33.4 Å². The van der Waals surface area contributed by atoms with Gasteiger partial charge in [0.2, 0.25) is 0 Å². The SMILES string of the molecule is CC1(C)c2ccccc2-c2c1ccc1c2oc2cccc(-c3ccc4ccc5c(-c6ccccc6)ccc6ccc3c4c65)c21. The van der Waals surface area contributed by atoms with E-state index in [9.17, 15) is 0 Å². The van der Waals surface area contributed by atoms with Gasteiger partial charge in [0.25, 0.3) is 0 Å². The summed E-state index contributed by atoms with van der Waals surface area (Å²) >= 11 is 0. The molecule has 1 aliphatic carbocycles. The van der Waals surface area contributed by atoms with Gasteiger partial charge in [0.15, 0.2) is 0 Å². The Labute approximate surface area is 255 Å². The van der Waals surface area contributed by atoms with Crippen molar-refractivity contribution in [1.29, 1.82) is 0 Å². The number of hydrogen-bond donors (Lipinski definition) is 0. The third-order valence-electron chi connectivity index (χ3n) is 10.2. The van der Waals surface area contributed by atoms with Crippen LogP contribution in [0.25, 0.3) is 87.6 Å². The zero-order valence-electron chi connectivity index (χ0n) is 24.6. The molecule has 1 aromatic heterocycles. The van der Waals surface area contributed by atoms with Crippen molar-refractivity contribution >= 4 is 54.3 Å². The van der Waals surface area contributed by atoms with Gasteiger partial charge in [0.05, 0.1) is 0 Å². The van der Waals surface area contributed by atoms with Gasteiger partial charge >= 0.3 is 0 Å². The van der Waals surface area contributed by atoms with Crippen molar-refractivity contribution < 1.29 is 4.42 Å². The van der Waals surface area contributed by atoms with Crippen molar-refractivity contribution in [2.45, 2.75) is 19.3 Å². The zero-order valence-corrected chi connectivity index (χ0v) is 24.6. The summed E-state index contributed by atoms with van der Waals surface area (Å²) in [5.41, 5.74) is 12.1. The summed E-state index contributed by atoms with van der Waals surface area (Å²) in [5.74, 6) is 0. The smallest absolute Gasteiger partial charge is 0.143 e. The zero-order chi connectivity index (χ0) is 29.2. The average Bonchev–Trinajstić information content (AvgIpc) is 3.56. The van der Waals surface area contributed by atoms with Gasteiger partial charge < -0.3 is 4.42 Å². The third-order valence-corrected chi connectivity index (χ3v) is 10.2. The van der Waals surface area contributed by atoms with Crippen molar-refractivity contribution in [3.05, 3.63) is 145 Å². The third kappa shape index (κ3) is 2.99. The van der Waals surface area contributed by atoms with Crippen molar-refractivity contribution in [2.24, 2.45) is 0 Å². The molecular weight excluding hydrogens is 532 g/mol. The molecule has 0 aliphatic heterocycles. The minimum atomic E-state index is -0.0629. The quantitative estimate of drug-likeness (QED) is 0.192. The Hall–Kier alpha value is -5.40. The van der Waals surface area contributed by atoms with Crippen LogP contribution >= 0.6 is 0 Å². The summed E-state index contributed by atoms with van der Waals surface area (Å²) < 4.78 is 6.80. The van der Waals surface area contributed by atoms with E-state index in [0.29, 0.717) is 0 Å². The van der Waals surface area contributed by atoms with Crippen LogP contribution in [0, 0.1) is 0 Å². The molecule has 206 valence electrons. The van der Waals surface area contributed by atoms with Gasteiger partial charge in [-0.05, 0) is 77.3 Å². The maximum atomic E-state index is 6.80. The molecular formula is C43H28O. The Morgan fingerprint density at radius 2 is 1.07 bits per heavy atom. The van der Waals surface area contributed by atoms with E-state index in [-0.39, 0.29) is 5.41 Å². The lowest BCUT2D eigenvalue weighted by Gasteiger charge is -2.21. The molecule has 1 aliphatic rings. The molecule has 10 rings (SSSR count). The van der Waals surface area contributed by atoms with Crippen molar-refractivity contribution in [1.82, 2.24) is 0 Å². The number of benzene rings is 8. The fourth-order valence-corrected chi connectivity index (χ4v) is 8.20. The molecule has 0 saturated heterocycles. The van der Waals surface area contributed by atoms with Crippen molar-refractivity contribution in [2.75, 3.05) is 0 Å². The van der Waals surface area contributed by atoms with Crippen LogP contribution in [-0.2, 0) is 5.41 Å². The Morgan fingerprint density at radius 1 is 0.432 bits per heavy atom. The first-order valence-corrected chi connectivity index (χ1v) is 15.4. The van der Waals surface area contributed by atoms with E-state index in [1.807, 2.05) is 0 Å². The molecule has 0 radical (unpaired) electrons. The molecule has 0 spiro atoms. The average molecular weight is 561 g/mol. The summed E-state index contributed by atoms with van der Waals surface area (Å²) in [6.45, 7) is 4.65. The van der Waals surface area contributed by atoms with E-state index in [0.717, 1.165) is 11.2 Å². The predicted molar refractivity (Wildman–Crippen MR) is 186 cm³/mol. The van der Waals surface area contributed by atoms with Crippen LogP contribution < -0.4 is 0 Å². The highest BCUT2D eigenvalue weighted by atomic mass is 16.3. The fourth-order valence-electron chi connectivity index (χ4n) is 8.20. The van der Waals surface area contributed by atoms with Crippen LogP contribution in [0.15, 0.2) is 138 Å². The highest BCUT2D eigenvalue weighted by molar-refractivity contribution is 6.29. The molecule has 0 saturated carbocycles. The standard InChI is InChI=1S/C43H28O/c1-43(2)35-13-7-6-11-33(35)41-36(43)24-23-34-40-30(12-8-14-37(40)44-42(34)41)29-20-16-27-17-21-31-28(25-9-4-3-5-10-25)19-15-26-18-22-32(29)39(27)38(26)31/h3-24H,1-2H3. The maximum Gasteiger partial charge on any atom is 0.143 e. The summed E-state index contributed by atoms with van der Waals surface area (Å²) in [6.07, 6.45) is 0. The molecule has 0 bridgehead atoms. The van der Waals surface area contributed by atoms with Gasteiger partial charge in [0, 0.05) is 21.8 Å². The summed E-state index contributed by atoms with van der Waals surface area (Å²) in [6, 6.07) is 49.1. The molecule has 1 heteroatoms. The lowest BCUT2D eigenvalue weighted by atomic mass is 9.82. The van der Waals surface area contributed by atoms with Gasteiger partial charge in [-0.2, -0.15) is 0 Å².